The predicted octanol–water partition coefficient (Wildman–Crippen LogP) is 7.09. The van der Waals surface area contributed by atoms with Crippen LogP contribution in [-0.2, 0) is 0 Å². The minimum atomic E-state index is -0.387. The molecular formula is C28H21N3O2. The van der Waals surface area contributed by atoms with Crippen LogP contribution in [0.2, 0.25) is 0 Å². The van der Waals surface area contributed by atoms with Gasteiger partial charge >= 0.3 is 0 Å². The van der Waals surface area contributed by atoms with Gasteiger partial charge in [-0.2, -0.15) is 0 Å². The molecule has 0 spiro atoms. The molecule has 0 unspecified atom stereocenters. The zero-order valence-electron chi connectivity index (χ0n) is 18.1. The van der Waals surface area contributed by atoms with Gasteiger partial charge in [0.25, 0.3) is 5.69 Å². The Morgan fingerprint density at radius 3 is 1.88 bits per heavy atom. The lowest BCUT2D eigenvalue weighted by Gasteiger charge is -2.15. The number of non-ortho nitro benzene ring substituents is 1. The third-order valence-electron chi connectivity index (χ3n) is 5.66. The number of aryl methyl sites for hydroxylation is 1. The Balaban J connectivity index is 1.87. The van der Waals surface area contributed by atoms with Crippen molar-refractivity contribution in [3.63, 3.8) is 0 Å². The smallest absolute Gasteiger partial charge is 0.269 e. The molecular weight excluding hydrogens is 410 g/mol. The van der Waals surface area contributed by atoms with Crippen molar-refractivity contribution in [1.82, 2.24) is 9.55 Å². The number of nitro groups is 1. The largest absolute Gasteiger partial charge is 0.291 e. The lowest BCUT2D eigenvalue weighted by Crippen LogP contribution is -2.02. The third kappa shape index (κ3) is 3.81. The van der Waals surface area contributed by atoms with Crippen molar-refractivity contribution >= 4 is 5.69 Å². The second-order valence-electron chi connectivity index (χ2n) is 7.79. The first-order chi connectivity index (χ1) is 16.1. The number of nitro benzene ring substituents is 1. The summed E-state index contributed by atoms with van der Waals surface area (Å²) in [5.41, 5.74) is 6.87. The first-order valence-corrected chi connectivity index (χ1v) is 10.7. The zero-order chi connectivity index (χ0) is 22.8. The summed E-state index contributed by atoms with van der Waals surface area (Å²) in [6.45, 7) is 2.08. The molecule has 5 nitrogen and oxygen atoms in total. The van der Waals surface area contributed by atoms with Crippen molar-refractivity contribution < 1.29 is 4.92 Å². The van der Waals surface area contributed by atoms with E-state index in [4.69, 9.17) is 4.98 Å². The van der Waals surface area contributed by atoms with E-state index in [9.17, 15) is 10.1 Å². The molecule has 33 heavy (non-hydrogen) atoms. The number of aromatic nitrogens is 2. The molecule has 0 atom stereocenters. The minimum absolute atomic E-state index is 0.0549. The fraction of sp³-hybridized carbons (Fsp3) is 0.0357. The molecule has 1 aromatic heterocycles. The molecule has 0 aliphatic rings. The zero-order valence-corrected chi connectivity index (χ0v) is 18.1. The summed E-state index contributed by atoms with van der Waals surface area (Å²) in [6.07, 6.45) is 0. The van der Waals surface area contributed by atoms with Crippen LogP contribution in [0, 0.1) is 17.0 Å². The molecule has 0 saturated carbocycles. The number of hydrogen-bond acceptors (Lipinski definition) is 3. The number of hydrogen-bond donors (Lipinski definition) is 0. The molecule has 4 aromatic carbocycles. The average Bonchev–Trinajstić information content (AvgIpc) is 3.26. The summed E-state index contributed by atoms with van der Waals surface area (Å²) >= 11 is 0. The number of benzene rings is 4. The molecule has 5 heteroatoms. The Morgan fingerprint density at radius 2 is 1.27 bits per heavy atom. The quantitative estimate of drug-likeness (QED) is 0.220. The summed E-state index contributed by atoms with van der Waals surface area (Å²) in [4.78, 5) is 15.9. The molecule has 0 amide bonds. The molecule has 0 aliphatic heterocycles. The third-order valence-corrected chi connectivity index (χ3v) is 5.66. The van der Waals surface area contributed by atoms with Gasteiger partial charge in [0.2, 0.25) is 0 Å². The van der Waals surface area contributed by atoms with Crippen LogP contribution < -0.4 is 0 Å². The maximum Gasteiger partial charge on any atom is 0.269 e. The standard InChI is InChI=1S/C28H21N3O2/c1-20-10-8-9-15-25(20)30-27(22-13-6-3-7-14-22)26(21-11-4-2-5-12-21)29-28(30)23-16-18-24(19-17-23)31(32)33/h2-19H,1H3. The summed E-state index contributed by atoms with van der Waals surface area (Å²) < 4.78 is 2.16. The fourth-order valence-electron chi connectivity index (χ4n) is 4.05. The molecule has 5 aromatic rings. The van der Waals surface area contributed by atoms with Crippen LogP contribution in [0.15, 0.2) is 109 Å². The monoisotopic (exact) mass is 431 g/mol. The van der Waals surface area contributed by atoms with Gasteiger partial charge in [0.15, 0.2) is 0 Å². The summed E-state index contributed by atoms with van der Waals surface area (Å²) in [5, 5.41) is 11.2. The highest BCUT2D eigenvalue weighted by Gasteiger charge is 2.23. The summed E-state index contributed by atoms with van der Waals surface area (Å²) in [5.74, 6) is 0.733. The normalized spacial score (nSPS) is 10.8. The molecule has 0 N–H and O–H groups in total. The van der Waals surface area contributed by atoms with Gasteiger partial charge < -0.3 is 0 Å². The van der Waals surface area contributed by atoms with Gasteiger partial charge in [-0.1, -0.05) is 78.9 Å². The fourth-order valence-corrected chi connectivity index (χ4v) is 4.05. The molecule has 0 fully saturated rings. The van der Waals surface area contributed by atoms with E-state index in [2.05, 4.69) is 47.9 Å². The van der Waals surface area contributed by atoms with Crippen LogP contribution in [0.3, 0.4) is 0 Å². The SMILES string of the molecule is Cc1ccccc1-n1c(-c2ccc([N+](=O)[O-])cc2)nc(-c2ccccc2)c1-c1ccccc1. The van der Waals surface area contributed by atoms with Gasteiger partial charge in [-0.3, -0.25) is 14.7 Å². The molecule has 0 aliphatic carbocycles. The van der Waals surface area contributed by atoms with Crippen LogP contribution >= 0.6 is 0 Å². The van der Waals surface area contributed by atoms with E-state index in [0.29, 0.717) is 0 Å². The van der Waals surface area contributed by atoms with Gasteiger partial charge in [-0.05, 0) is 30.7 Å². The minimum Gasteiger partial charge on any atom is -0.291 e. The molecule has 0 saturated heterocycles. The number of para-hydroxylation sites is 1. The Bertz CT molecular complexity index is 1420. The Labute approximate surface area is 191 Å². The van der Waals surface area contributed by atoms with E-state index < -0.39 is 0 Å². The molecule has 5 rings (SSSR count). The van der Waals surface area contributed by atoms with E-state index in [1.54, 1.807) is 12.1 Å². The summed E-state index contributed by atoms with van der Waals surface area (Å²) in [6, 6.07) is 35.0. The van der Waals surface area contributed by atoms with Crippen LogP contribution in [-0.4, -0.2) is 14.5 Å². The number of imidazole rings is 1. The maximum absolute atomic E-state index is 11.2. The van der Waals surface area contributed by atoms with Crippen molar-refractivity contribution in [2.45, 2.75) is 6.92 Å². The highest BCUT2D eigenvalue weighted by Crippen LogP contribution is 2.39. The first-order valence-electron chi connectivity index (χ1n) is 10.7. The van der Waals surface area contributed by atoms with Gasteiger partial charge in [-0.15, -0.1) is 0 Å². The van der Waals surface area contributed by atoms with Gasteiger partial charge in [-0.25, -0.2) is 4.98 Å². The number of rotatable bonds is 5. The van der Waals surface area contributed by atoms with Crippen LogP contribution in [0.1, 0.15) is 5.56 Å². The van der Waals surface area contributed by atoms with Crippen LogP contribution in [0.25, 0.3) is 39.6 Å². The first kappa shape index (κ1) is 20.4. The van der Waals surface area contributed by atoms with E-state index in [-0.39, 0.29) is 10.6 Å². The molecule has 160 valence electrons. The van der Waals surface area contributed by atoms with Gasteiger partial charge in [0.05, 0.1) is 22.0 Å². The Morgan fingerprint density at radius 1 is 0.697 bits per heavy atom. The predicted molar refractivity (Wildman–Crippen MR) is 131 cm³/mol. The second kappa shape index (κ2) is 8.55. The van der Waals surface area contributed by atoms with Crippen molar-refractivity contribution in [2.24, 2.45) is 0 Å². The summed E-state index contributed by atoms with van der Waals surface area (Å²) in [7, 11) is 0. The van der Waals surface area contributed by atoms with E-state index in [0.717, 1.165) is 45.2 Å². The van der Waals surface area contributed by atoms with E-state index in [1.165, 1.54) is 12.1 Å². The maximum atomic E-state index is 11.2. The van der Waals surface area contributed by atoms with Crippen molar-refractivity contribution in [3.05, 3.63) is 125 Å². The number of nitrogens with zero attached hydrogens (tertiary/aromatic N) is 3. The van der Waals surface area contributed by atoms with E-state index >= 15 is 0 Å². The highest BCUT2D eigenvalue weighted by molar-refractivity contribution is 5.84. The van der Waals surface area contributed by atoms with Crippen molar-refractivity contribution in [3.8, 4) is 39.6 Å². The van der Waals surface area contributed by atoms with Gasteiger partial charge in [0.1, 0.15) is 5.82 Å². The van der Waals surface area contributed by atoms with E-state index in [1.807, 2.05) is 48.5 Å². The Hall–Kier alpha value is -4.51. The van der Waals surface area contributed by atoms with Crippen LogP contribution in [0.4, 0.5) is 5.69 Å². The Kier molecular flexibility index (Phi) is 5.29. The highest BCUT2D eigenvalue weighted by atomic mass is 16.6. The van der Waals surface area contributed by atoms with Crippen LogP contribution in [0.5, 0.6) is 0 Å². The second-order valence-corrected chi connectivity index (χ2v) is 7.79. The molecule has 0 radical (unpaired) electrons. The lowest BCUT2D eigenvalue weighted by molar-refractivity contribution is -0.384. The molecule has 1 heterocycles. The van der Waals surface area contributed by atoms with Gasteiger partial charge in [0, 0.05) is 28.8 Å². The lowest BCUT2D eigenvalue weighted by atomic mass is 10.0. The van der Waals surface area contributed by atoms with Crippen molar-refractivity contribution in [1.29, 1.82) is 0 Å². The van der Waals surface area contributed by atoms with Crippen molar-refractivity contribution in [2.75, 3.05) is 0 Å². The molecule has 0 bridgehead atoms. The average molecular weight is 431 g/mol. The topological polar surface area (TPSA) is 61.0 Å².